The zero-order chi connectivity index (χ0) is 17.0. The van der Waals surface area contributed by atoms with E-state index in [2.05, 4.69) is 5.32 Å². The lowest BCUT2D eigenvalue weighted by molar-refractivity contribution is -0.118. The van der Waals surface area contributed by atoms with Crippen LogP contribution in [0.2, 0.25) is 5.02 Å². The molecular formula is C19H20ClNO3. The van der Waals surface area contributed by atoms with Crippen LogP contribution < -0.4 is 10.1 Å². The van der Waals surface area contributed by atoms with E-state index in [1.807, 2.05) is 30.3 Å². The Kier molecular flexibility index (Phi) is 5.07. The van der Waals surface area contributed by atoms with Crippen LogP contribution >= 0.6 is 11.6 Å². The number of para-hydroxylation sites is 1. The number of halogens is 1. The molecule has 0 radical (unpaired) electrons. The second-order valence-corrected chi connectivity index (χ2v) is 6.27. The Morgan fingerprint density at radius 1 is 1.12 bits per heavy atom. The molecule has 0 unspecified atom stereocenters. The van der Waals surface area contributed by atoms with E-state index in [1.165, 1.54) is 0 Å². The van der Waals surface area contributed by atoms with Crippen LogP contribution in [0.5, 0.6) is 5.75 Å². The van der Waals surface area contributed by atoms with Crippen LogP contribution in [-0.2, 0) is 14.9 Å². The highest BCUT2D eigenvalue weighted by Crippen LogP contribution is 2.49. The molecule has 5 heteroatoms. The summed E-state index contributed by atoms with van der Waals surface area (Å²) in [6, 6.07) is 15.2. The Hall–Kier alpha value is -2.04. The number of anilines is 1. The van der Waals surface area contributed by atoms with Gasteiger partial charge in [0.25, 0.3) is 0 Å². The van der Waals surface area contributed by atoms with Gasteiger partial charge in [-0.2, -0.15) is 0 Å². The van der Waals surface area contributed by atoms with Crippen LogP contribution in [0.25, 0.3) is 0 Å². The van der Waals surface area contributed by atoms with Crippen LogP contribution in [0.3, 0.4) is 0 Å². The van der Waals surface area contributed by atoms with Crippen LogP contribution in [0.4, 0.5) is 5.69 Å². The van der Waals surface area contributed by atoms with Gasteiger partial charge in [-0.05, 0) is 30.5 Å². The minimum atomic E-state index is -0.437. The third-order valence-corrected chi connectivity index (χ3v) is 4.56. The molecule has 1 N–H and O–H groups in total. The van der Waals surface area contributed by atoms with Crippen molar-refractivity contribution in [1.29, 1.82) is 0 Å². The van der Waals surface area contributed by atoms with E-state index in [0.717, 1.165) is 18.4 Å². The average molecular weight is 346 g/mol. The van der Waals surface area contributed by atoms with Gasteiger partial charge in [0.1, 0.15) is 6.61 Å². The minimum absolute atomic E-state index is 0.0208. The molecule has 0 aromatic heterocycles. The van der Waals surface area contributed by atoms with Crippen molar-refractivity contribution in [2.24, 2.45) is 0 Å². The Morgan fingerprint density at radius 2 is 1.88 bits per heavy atom. The molecule has 126 valence electrons. The van der Waals surface area contributed by atoms with E-state index in [4.69, 9.17) is 21.1 Å². The highest BCUT2D eigenvalue weighted by atomic mass is 35.5. The summed E-state index contributed by atoms with van der Waals surface area (Å²) in [6.07, 6.45) is 1.70. The van der Waals surface area contributed by atoms with Crippen molar-refractivity contribution < 1.29 is 14.3 Å². The van der Waals surface area contributed by atoms with E-state index < -0.39 is 5.41 Å². The standard InChI is InChI=1S/C19H20ClNO3/c1-23-12-13-24-17-15(20)8-5-9-16(17)21-18(22)19(10-11-19)14-6-3-2-4-7-14/h2-9H,10-13H2,1H3,(H,21,22). The first-order valence-electron chi connectivity index (χ1n) is 7.94. The van der Waals surface area contributed by atoms with Gasteiger partial charge in [-0.3, -0.25) is 4.79 Å². The zero-order valence-electron chi connectivity index (χ0n) is 13.5. The van der Waals surface area contributed by atoms with Crippen molar-refractivity contribution in [3.63, 3.8) is 0 Å². The SMILES string of the molecule is COCCOc1c(Cl)cccc1NC(=O)C1(c2ccccc2)CC1. The highest BCUT2D eigenvalue weighted by molar-refractivity contribution is 6.32. The highest BCUT2D eigenvalue weighted by Gasteiger charge is 2.51. The van der Waals surface area contributed by atoms with Crippen molar-refractivity contribution >= 4 is 23.2 Å². The molecule has 0 heterocycles. The quantitative estimate of drug-likeness (QED) is 0.770. The molecule has 2 aromatic rings. The number of hydrogen-bond donors (Lipinski definition) is 1. The maximum atomic E-state index is 12.9. The second kappa shape index (κ2) is 7.24. The van der Waals surface area contributed by atoms with Crippen molar-refractivity contribution in [2.75, 3.05) is 25.6 Å². The van der Waals surface area contributed by atoms with E-state index in [-0.39, 0.29) is 5.91 Å². The third-order valence-electron chi connectivity index (χ3n) is 4.26. The predicted molar refractivity (Wildman–Crippen MR) is 94.8 cm³/mol. The van der Waals surface area contributed by atoms with E-state index in [1.54, 1.807) is 25.3 Å². The lowest BCUT2D eigenvalue weighted by atomic mass is 9.95. The van der Waals surface area contributed by atoms with Gasteiger partial charge >= 0.3 is 0 Å². The first-order valence-corrected chi connectivity index (χ1v) is 8.32. The first-order chi connectivity index (χ1) is 11.7. The molecule has 0 bridgehead atoms. The van der Waals surface area contributed by atoms with Crippen molar-refractivity contribution in [3.05, 3.63) is 59.1 Å². The molecule has 24 heavy (non-hydrogen) atoms. The lowest BCUT2D eigenvalue weighted by Crippen LogP contribution is -2.28. The van der Waals surface area contributed by atoms with Crippen LogP contribution in [0.1, 0.15) is 18.4 Å². The summed E-state index contributed by atoms with van der Waals surface area (Å²) < 4.78 is 10.7. The maximum Gasteiger partial charge on any atom is 0.235 e. The molecule has 1 aliphatic carbocycles. The molecule has 0 atom stereocenters. The van der Waals surface area contributed by atoms with Crippen LogP contribution in [0, 0.1) is 0 Å². The van der Waals surface area contributed by atoms with E-state index >= 15 is 0 Å². The van der Waals surface area contributed by atoms with Crippen LogP contribution in [-0.4, -0.2) is 26.2 Å². The summed E-state index contributed by atoms with van der Waals surface area (Å²) in [7, 11) is 1.61. The summed E-state index contributed by atoms with van der Waals surface area (Å²) in [5, 5.41) is 3.46. The zero-order valence-corrected chi connectivity index (χ0v) is 14.3. The number of carbonyl (C=O) groups excluding carboxylic acids is 1. The van der Waals surface area contributed by atoms with Gasteiger partial charge in [-0.1, -0.05) is 48.0 Å². The second-order valence-electron chi connectivity index (χ2n) is 5.86. The number of rotatable bonds is 7. The normalized spacial score (nSPS) is 14.9. The monoisotopic (exact) mass is 345 g/mol. The largest absolute Gasteiger partial charge is 0.487 e. The number of nitrogens with one attached hydrogen (secondary N) is 1. The average Bonchev–Trinajstić information content (AvgIpc) is 3.40. The molecule has 1 amide bonds. The molecule has 0 aliphatic heterocycles. The van der Waals surface area contributed by atoms with Gasteiger partial charge in [0.2, 0.25) is 5.91 Å². The molecule has 4 nitrogen and oxygen atoms in total. The lowest BCUT2D eigenvalue weighted by Gasteiger charge is -2.18. The summed E-state index contributed by atoms with van der Waals surface area (Å²) in [5.41, 5.74) is 1.20. The fourth-order valence-corrected chi connectivity index (χ4v) is 2.98. The molecule has 0 saturated heterocycles. The summed E-state index contributed by atoms with van der Waals surface area (Å²) in [6.45, 7) is 0.819. The smallest absolute Gasteiger partial charge is 0.235 e. The van der Waals surface area contributed by atoms with Crippen molar-refractivity contribution in [1.82, 2.24) is 0 Å². The fraction of sp³-hybridized carbons (Fsp3) is 0.316. The van der Waals surface area contributed by atoms with Gasteiger partial charge in [0.15, 0.2) is 5.75 Å². The Balaban J connectivity index is 1.79. The topological polar surface area (TPSA) is 47.6 Å². The molecule has 1 fully saturated rings. The summed E-state index contributed by atoms with van der Waals surface area (Å²) in [4.78, 5) is 12.9. The van der Waals surface area contributed by atoms with Gasteiger partial charge < -0.3 is 14.8 Å². The molecular weight excluding hydrogens is 326 g/mol. The molecule has 2 aromatic carbocycles. The van der Waals surface area contributed by atoms with Crippen molar-refractivity contribution in [3.8, 4) is 5.75 Å². The molecule has 0 spiro atoms. The van der Waals surface area contributed by atoms with E-state index in [9.17, 15) is 4.79 Å². The summed E-state index contributed by atoms with van der Waals surface area (Å²) in [5.74, 6) is 0.459. The third kappa shape index (κ3) is 3.40. The molecule has 3 rings (SSSR count). The van der Waals surface area contributed by atoms with Gasteiger partial charge in [-0.25, -0.2) is 0 Å². The Bertz CT molecular complexity index is 714. The van der Waals surface area contributed by atoms with Crippen LogP contribution in [0.15, 0.2) is 48.5 Å². The minimum Gasteiger partial charge on any atom is -0.487 e. The first kappa shape index (κ1) is 16.8. The number of benzene rings is 2. The number of carbonyl (C=O) groups is 1. The van der Waals surface area contributed by atoms with E-state index in [0.29, 0.717) is 29.7 Å². The van der Waals surface area contributed by atoms with Crippen molar-refractivity contribution in [2.45, 2.75) is 18.3 Å². The number of ether oxygens (including phenoxy) is 2. The summed E-state index contributed by atoms with van der Waals surface area (Å²) >= 11 is 6.22. The van der Waals surface area contributed by atoms with Gasteiger partial charge in [0.05, 0.1) is 22.7 Å². The number of hydrogen-bond acceptors (Lipinski definition) is 3. The number of amides is 1. The Labute approximate surface area is 146 Å². The Morgan fingerprint density at radius 3 is 2.54 bits per heavy atom. The maximum absolute atomic E-state index is 12.9. The predicted octanol–water partition coefficient (Wildman–Crippen LogP) is 4.04. The van der Waals surface area contributed by atoms with Gasteiger partial charge in [0, 0.05) is 7.11 Å². The van der Waals surface area contributed by atoms with Gasteiger partial charge in [-0.15, -0.1) is 0 Å². The number of methoxy groups -OCH3 is 1. The molecule has 1 aliphatic rings. The fourth-order valence-electron chi connectivity index (χ4n) is 2.75. The molecule has 1 saturated carbocycles.